The fourth-order valence-corrected chi connectivity index (χ4v) is 2.66. The van der Waals surface area contributed by atoms with Gasteiger partial charge in [0.15, 0.2) is 0 Å². The molecule has 0 radical (unpaired) electrons. The van der Waals surface area contributed by atoms with Crippen LogP contribution in [0.25, 0.3) is 0 Å². The van der Waals surface area contributed by atoms with Crippen LogP contribution in [0.2, 0.25) is 0 Å². The number of aliphatic hydroxyl groups is 1. The third-order valence-corrected chi connectivity index (χ3v) is 3.69. The van der Waals surface area contributed by atoms with Gasteiger partial charge in [-0.2, -0.15) is 0 Å². The first-order valence-electron chi connectivity index (χ1n) is 6.23. The molecule has 1 aromatic heterocycles. The standard InChI is InChI=1S/C16H17NOS/c1-17(15-8-3-2-4-9-15)13-16-14(10-12-19-16)7-5-6-11-18/h2-4,8-10,12,18H,6,11,13H2,1H3. The van der Waals surface area contributed by atoms with Crippen molar-refractivity contribution >= 4 is 17.0 Å². The normalized spacial score (nSPS) is 9.79. The maximum atomic E-state index is 8.75. The molecule has 1 aromatic carbocycles. The number of benzene rings is 1. The molecule has 98 valence electrons. The van der Waals surface area contributed by atoms with E-state index in [1.807, 2.05) is 24.3 Å². The van der Waals surface area contributed by atoms with E-state index < -0.39 is 0 Å². The summed E-state index contributed by atoms with van der Waals surface area (Å²) >= 11 is 1.72. The lowest BCUT2D eigenvalue weighted by Gasteiger charge is -2.18. The van der Waals surface area contributed by atoms with Gasteiger partial charge in [0, 0.05) is 29.6 Å². The van der Waals surface area contributed by atoms with Crippen LogP contribution >= 0.6 is 11.3 Å². The molecular weight excluding hydrogens is 254 g/mol. The molecule has 2 nitrogen and oxygen atoms in total. The average Bonchev–Trinajstić information content (AvgIpc) is 2.87. The molecule has 19 heavy (non-hydrogen) atoms. The van der Waals surface area contributed by atoms with E-state index in [-0.39, 0.29) is 6.61 Å². The smallest absolute Gasteiger partial charge is 0.0540 e. The first kappa shape index (κ1) is 13.7. The number of hydrogen-bond acceptors (Lipinski definition) is 3. The molecular formula is C16H17NOS. The molecule has 2 aromatic rings. The predicted molar refractivity (Wildman–Crippen MR) is 81.4 cm³/mol. The fourth-order valence-electron chi connectivity index (χ4n) is 1.78. The van der Waals surface area contributed by atoms with Gasteiger partial charge in [-0.05, 0) is 23.6 Å². The molecule has 0 spiro atoms. The van der Waals surface area contributed by atoms with Gasteiger partial charge in [0.1, 0.15) is 0 Å². The van der Waals surface area contributed by atoms with Crippen LogP contribution in [-0.4, -0.2) is 18.8 Å². The van der Waals surface area contributed by atoms with Gasteiger partial charge in [0.25, 0.3) is 0 Å². The van der Waals surface area contributed by atoms with Gasteiger partial charge in [-0.25, -0.2) is 0 Å². The predicted octanol–water partition coefficient (Wildman–Crippen LogP) is 3.12. The Balaban J connectivity index is 2.08. The number of thiophene rings is 1. The molecule has 0 fully saturated rings. The molecule has 2 rings (SSSR count). The summed E-state index contributed by atoms with van der Waals surface area (Å²) in [6, 6.07) is 12.4. The van der Waals surface area contributed by atoms with E-state index in [0.29, 0.717) is 6.42 Å². The van der Waals surface area contributed by atoms with Gasteiger partial charge < -0.3 is 10.0 Å². The minimum atomic E-state index is 0.121. The first-order valence-corrected chi connectivity index (χ1v) is 7.11. The van der Waals surface area contributed by atoms with E-state index in [1.54, 1.807) is 11.3 Å². The van der Waals surface area contributed by atoms with E-state index in [0.717, 1.165) is 12.1 Å². The molecule has 1 N–H and O–H groups in total. The third kappa shape index (κ3) is 3.85. The number of hydrogen-bond donors (Lipinski definition) is 1. The molecule has 0 aliphatic heterocycles. The Hall–Kier alpha value is -1.76. The quantitative estimate of drug-likeness (QED) is 0.864. The van der Waals surface area contributed by atoms with Crippen LogP contribution in [-0.2, 0) is 6.54 Å². The Morgan fingerprint density at radius 1 is 1.21 bits per heavy atom. The summed E-state index contributed by atoms with van der Waals surface area (Å²) in [5.74, 6) is 6.10. The van der Waals surface area contributed by atoms with Crippen molar-refractivity contribution in [2.75, 3.05) is 18.6 Å². The van der Waals surface area contributed by atoms with Crippen molar-refractivity contribution in [1.82, 2.24) is 0 Å². The summed E-state index contributed by atoms with van der Waals surface area (Å²) in [5, 5.41) is 10.8. The van der Waals surface area contributed by atoms with E-state index in [2.05, 4.69) is 41.3 Å². The zero-order valence-electron chi connectivity index (χ0n) is 11.0. The van der Waals surface area contributed by atoms with Gasteiger partial charge in [-0.1, -0.05) is 30.0 Å². The van der Waals surface area contributed by atoms with Crippen molar-refractivity contribution in [3.63, 3.8) is 0 Å². The topological polar surface area (TPSA) is 23.5 Å². The van der Waals surface area contributed by atoms with Gasteiger partial charge >= 0.3 is 0 Å². The number of para-hydroxylation sites is 1. The summed E-state index contributed by atoms with van der Waals surface area (Å²) in [6.45, 7) is 0.973. The summed E-state index contributed by atoms with van der Waals surface area (Å²) in [4.78, 5) is 3.47. The number of rotatable bonds is 4. The molecule has 0 saturated heterocycles. The Kier molecular flexibility index (Phi) is 5.02. The molecule has 0 atom stereocenters. The maximum absolute atomic E-state index is 8.75. The first-order chi connectivity index (χ1) is 9.31. The molecule has 0 aliphatic rings. The zero-order valence-corrected chi connectivity index (χ0v) is 11.8. The molecule has 1 heterocycles. The maximum Gasteiger partial charge on any atom is 0.0540 e. The largest absolute Gasteiger partial charge is 0.395 e. The number of nitrogens with zero attached hydrogens (tertiary/aromatic N) is 1. The SMILES string of the molecule is CN(Cc1sccc1C#CCCO)c1ccccc1. The Bertz CT molecular complexity index is 565. The van der Waals surface area contributed by atoms with E-state index in [9.17, 15) is 0 Å². The lowest BCUT2D eigenvalue weighted by atomic mass is 10.2. The Morgan fingerprint density at radius 2 is 2.00 bits per heavy atom. The fraction of sp³-hybridized carbons (Fsp3) is 0.250. The van der Waals surface area contributed by atoms with Gasteiger partial charge in [0.05, 0.1) is 13.2 Å². The Labute approximate surface area is 118 Å². The highest BCUT2D eigenvalue weighted by Crippen LogP contribution is 2.21. The second-order valence-corrected chi connectivity index (χ2v) is 5.23. The minimum Gasteiger partial charge on any atom is -0.395 e. The van der Waals surface area contributed by atoms with Crippen LogP contribution < -0.4 is 4.90 Å². The molecule has 0 saturated carbocycles. The van der Waals surface area contributed by atoms with Crippen molar-refractivity contribution in [3.8, 4) is 11.8 Å². The zero-order chi connectivity index (χ0) is 13.5. The van der Waals surface area contributed by atoms with Crippen molar-refractivity contribution in [3.05, 3.63) is 52.2 Å². The second-order valence-electron chi connectivity index (χ2n) is 4.22. The molecule has 0 bridgehead atoms. The third-order valence-electron chi connectivity index (χ3n) is 2.78. The van der Waals surface area contributed by atoms with Crippen LogP contribution in [0.5, 0.6) is 0 Å². The monoisotopic (exact) mass is 271 g/mol. The molecule has 0 aliphatic carbocycles. The van der Waals surface area contributed by atoms with Crippen LogP contribution in [0.1, 0.15) is 16.9 Å². The van der Waals surface area contributed by atoms with E-state index in [4.69, 9.17) is 5.11 Å². The highest BCUT2D eigenvalue weighted by atomic mass is 32.1. The lowest BCUT2D eigenvalue weighted by molar-refractivity contribution is 0.305. The van der Waals surface area contributed by atoms with Crippen molar-refractivity contribution in [1.29, 1.82) is 0 Å². The molecule has 0 amide bonds. The van der Waals surface area contributed by atoms with E-state index >= 15 is 0 Å². The number of anilines is 1. The summed E-state index contributed by atoms with van der Waals surface area (Å²) in [7, 11) is 2.08. The van der Waals surface area contributed by atoms with Crippen LogP contribution in [0.4, 0.5) is 5.69 Å². The minimum absolute atomic E-state index is 0.121. The highest BCUT2D eigenvalue weighted by Gasteiger charge is 2.06. The summed E-state index contributed by atoms with van der Waals surface area (Å²) in [5.41, 5.74) is 2.27. The van der Waals surface area contributed by atoms with E-state index in [1.165, 1.54) is 10.6 Å². The van der Waals surface area contributed by atoms with Crippen LogP contribution in [0.15, 0.2) is 41.8 Å². The van der Waals surface area contributed by atoms with Crippen LogP contribution in [0.3, 0.4) is 0 Å². The average molecular weight is 271 g/mol. The molecule has 3 heteroatoms. The van der Waals surface area contributed by atoms with Crippen molar-refractivity contribution in [2.45, 2.75) is 13.0 Å². The lowest BCUT2D eigenvalue weighted by Crippen LogP contribution is -2.15. The highest BCUT2D eigenvalue weighted by molar-refractivity contribution is 7.10. The van der Waals surface area contributed by atoms with Crippen molar-refractivity contribution in [2.24, 2.45) is 0 Å². The summed E-state index contributed by atoms with van der Waals surface area (Å²) in [6.07, 6.45) is 0.532. The van der Waals surface area contributed by atoms with Gasteiger partial charge in [0.2, 0.25) is 0 Å². The Morgan fingerprint density at radius 3 is 2.74 bits per heavy atom. The van der Waals surface area contributed by atoms with Gasteiger partial charge in [-0.15, -0.1) is 11.3 Å². The summed E-state index contributed by atoms with van der Waals surface area (Å²) < 4.78 is 0. The van der Waals surface area contributed by atoms with Crippen molar-refractivity contribution < 1.29 is 5.11 Å². The van der Waals surface area contributed by atoms with Gasteiger partial charge in [-0.3, -0.25) is 0 Å². The number of aliphatic hydroxyl groups excluding tert-OH is 1. The molecule has 0 unspecified atom stereocenters. The second kappa shape index (κ2) is 6.98. The van der Waals surface area contributed by atoms with Crippen LogP contribution in [0, 0.1) is 11.8 Å².